The second-order valence-electron chi connectivity index (χ2n) is 3.74. The minimum Gasteiger partial charge on any atom is -0.406 e. The molecule has 0 amide bonds. The van der Waals surface area contributed by atoms with E-state index in [0.29, 0.717) is 22.1 Å². The van der Waals surface area contributed by atoms with E-state index >= 15 is 0 Å². The van der Waals surface area contributed by atoms with Crippen LogP contribution in [0.3, 0.4) is 0 Å². The molecule has 0 aliphatic heterocycles. The van der Waals surface area contributed by atoms with Gasteiger partial charge in [-0.05, 0) is 19.1 Å². The monoisotopic (exact) mass is 315 g/mol. The lowest BCUT2D eigenvalue weighted by molar-refractivity contribution is 0.510. The van der Waals surface area contributed by atoms with Gasteiger partial charge in [-0.1, -0.05) is 16.7 Å². The fourth-order valence-electron chi connectivity index (χ4n) is 1.50. The number of hydrogen-bond acceptors (Lipinski definition) is 7. The molecule has 0 fully saturated rings. The van der Waals surface area contributed by atoms with E-state index in [0.717, 1.165) is 17.2 Å². The number of aromatic nitrogens is 4. The van der Waals surface area contributed by atoms with Gasteiger partial charge in [-0.3, -0.25) is 0 Å². The summed E-state index contributed by atoms with van der Waals surface area (Å²) in [6, 6.07) is 3.74. The quantitative estimate of drug-likeness (QED) is 0.741. The van der Waals surface area contributed by atoms with Gasteiger partial charge in [0.25, 0.3) is 0 Å². The second kappa shape index (κ2) is 4.92. The third-order valence-corrected chi connectivity index (χ3v) is 3.43. The van der Waals surface area contributed by atoms with Crippen molar-refractivity contribution in [1.29, 1.82) is 0 Å². The van der Waals surface area contributed by atoms with Crippen molar-refractivity contribution >= 4 is 57.7 Å². The Morgan fingerprint density at radius 1 is 1.32 bits per heavy atom. The van der Waals surface area contributed by atoms with Gasteiger partial charge in [0.05, 0.1) is 22.4 Å². The van der Waals surface area contributed by atoms with E-state index in [2.05, 4.69) is 24.3 Å². The molecule has 2 aromatic heterocycles. The zero-order valence-electron chi connectivity index (χ0n) is 9.59. The molecule has 0 saturated heterocycles. The summed E-state index contributed by atoms with van der Waals surface area (Å²) in [5.74, 6) is 0.337. The van der Waals surface area contributed by atoms with Gasteiger partial charge in [0.2, 0.25) is 5.89 Å². The van der Waals surface area contributed by atoms with Crippen LogP contribution in [0.15, 0.2) is 16.5 Å². The smallest absolute Gasteiger partial charge is 0.320 e. The first-order valence-electron chi connectivity index (χ1n) is 5.30. The van der Waals surface area contributed by atoms with Crippen LogP contribution in [0.4, 0.5) is 11.7 Å². The predicted molar refractivity (Wildman–Crippen MR) is 74.3 cm³/mol. The molecule has 1 atom stereocenters. The Bertz CT molecular complexity index is 726. The van der Waals surface area contributed by atoms with Gasteiger partial charge in [-0.15, -0.1) is 16.7 Å². The number of nitrogens with one attached hydrogen (secondary N) is 1. The molecule has 1 aromatic carbocycles. The van der Waals surface area contributed by atoms with E-state index < -0.39 is 0 Å². The number of fused-ring (bicyclic) bond motifs is 1. The third-order valence-electron chi connectivity index (χ3n) is 2.39. The van der Waals surface area contributed by atoms with E-state index in [1.165, 1.54) is 0 Å². The summed E-state index contributed by atoms with van der Waals surface area (Å²) in [7, 11) is 0. The summed E-state index contributed by atoms with van der Waals surface area (Å²) in [5, 5.41) is 10.8. The molecular formula is C10H7Cl2N5OS. The highest BCUT2D eigenvalue weighted by Crippen LogP contribution is 2.32. The maximum absolute atomic E-state index is 6.14. The largest absolute Gasteiger partial charge is 0.406 e. The number of hydrogen-bond donors (Lipinski definition) is 1. The average Bonchev–Trinajstić information content (AvgIpc) is 3.01. The van der Waals surface area contributed by atoms with Gasteiger partial charge in [0.15, 0.2) is 0 Å². The van der Waals surface area contributed by atoms with E-state index in [-0.39, 0.29) is 11.4 Å². The molecule has 2 heterocycles. The van der Waals surface area contributed by atoms with Gasteiger partial charge in [0, 0.05) is 0 Å². The highest BCUT2D eigenvalue weighted by molar-refractivity contribution is 7.00. The van der Waals surface area contributed by atoms with Crippen LogP contribution in [-0.4, -0.2) is 18.9 Å². The first-order valence-corrected chi connectivity index (χ1v) is 6.85. The minimum absolute atomic E-state index is 0.213. The van der Waals surface area contributed by atoms with E-state index in [1.54, 1.807) is 19.1 Å². The predicted octanol–water partition coefficient (Wildman–Crippen LogP) is 3.77. The van der Waals surface area contributed by atoms with Gasteiger partial charge in [-0.2, -0.15) is 8.75 Å². The Kier molecular flexibility index (Phi) is 3.26. The SMILES string of the molecule is CC(Cl)c1nnc(Nc2c(Cl)ccc3nsnc23)o1. The van der Waals surface area contributed by atoms with E-state index in [4.69, 9.17) is 27.6 Å². The van der Waals surface area contributed by atoms with Crippen molar-refractivity contribution in [1.82, 2.24) is 18.9 Å². The van der Waals surface area contributed by atoms with Gasteiger partial charge >= 0.3 is 6.01 Å². The lowest BCUT2D eigenvalue weighted by Crippen LogP contribution is -1.93. The van der Waals surface area contributed by atoms with Gasteiger partial charge in [0.1, 0.15) is 16.4 Å². The second-order valence-corrected chi connectivity index (χ2v) is 5.33. The fraction of sp³-hybridized carbons (Fsp3) is 0.200. The van der Waals surface area contributed by atoms with Crippen LogP contribution in [0.25, 0.3) is 11.0 Å². The molecule has 19 heavy (non-hydrogen) atoms. The van der Waals surface area contributed by atoms with Gasteiger partial charge < -0.3 is 9.73 Å². The van der Waals surface area contributed by atoms with Crippen LogP contribution >= 0.6 is 34.9 Å². The summed E-state index contributed by atoms with van der Waals surface area (Å²) in [6.07, 6.45) is 0. The third kappa shape index (κ3) is 2.36. The van der Waals surface area contributed by atoms with Crippen molar-refractivity contribution < 1.29 is 4.42 Å². The molecule has 3 aromatic rings. The van der Waals surface area contributed by atoms with Crippen molar-refractivity contribution in [3.8, 4) is 0 Å². The van der Waals surface area contributed by atoms with Crippen LogP contribution in [0.1, 0.15) is 18.2 Å². The lowest BCUT2D eigenvalue weighted by Gasteiger charge is -2.04. The Balaban J connectivity index is 2.00. The molecule has 1 unspecified atom stereocenters. The number of anilines is 2. The molecule has 0 spiro atoms. The molecule has 0 aliphatic carbocycles. The Hall–Kier alpha value is -1.44. The molecule has 0 aliphatic rings. The number of benzene rings is 1. The molecule has 0 radical (unpaired) electrons. The molecule has 9 heteroatoms. The zero-order valence-corrected chi connectivity index (χ0v) is 11.9. The maximum atomic E-state index is 6.14. The standard InChI is InChI=1S/C10H7Cl2N5OS/c1-4(11)9-14-15-10(18-9)13-7-5(12)2-3-6-8(7)17-19-16-6/h2-4H,1H3,(H,13,15). The van der Waals surface area contributed by atoms with Crippen LogP contribution in [-0.2, 0) is 0 Å². The minimum atomic E-state index is -0.352. The van der Waals surface area contributed by atoms with Crippen LogP contribution in [0.2, 0.25) is 5.02 Å². The molecular weight excluding hydrogens is 309 g/mol. The Labute approximate surface area is 122 Å². The van der Waals surface area contributed by atoms with Crippen LogP contribution in [0, 0.1) is 0 Å². The van der Waals surface area contributed by atoms with Gasteiger partial charge in [-0.25, -0.2) is 0 Å². The molecule has 98 valence electrons. The van der Waals surface area contributed by atoms with E-state index in [1.807, 2.05) is 0 Å². The Morgan fingerprint density at radius 3 is 2.89 bits per heavy atom. The number of rotatable bonds is 3. The summed E-state index contributed by atoms with van der Waals surface area (Å²) in [6.45, 7) is 1.75. The summed E-state index contributed by atoms with van der Waals surface area (Å²) in [5.41, 5.74) is 2.00. The number of halogens is 2. The summed E-state index contributed by atoms with van der Waals surface area (Å²) < 4.78 is 13.7. The highest BCUT2D eigenvalue weighted by Gasteiger charge is 2.15. The molecule has 0 saturated carbocycles. The van der Waals surface area contributed by atoms with Crippen LogP contribution in [0.5, 0.6) is 0 Å². The average molecular weight is 316 g/mol. The first kappa shape index (κ1) is 12.6. The molecule has 0 bridgehead atoms. The van der Waals surface area contributed by atoms with Crippen molar-refractivity contribution in [3.05, 3.63) is 23.0 Å². The van der Waals surface area contributed by atoms with Crippen molar-refractivity contribution in [3.63, 3.8) is 0 Å². The highest BCUT2D eigenvalue weighted by atomic mass is 35.5. The number of alkyl halides is 1. The number of nitrogens with zero attached hydrogens (tertiary/aromatic N) is 4. The maximum Gasteiger partial charge on any atom is 0.320 e. The molecule has 3 rings (SSSR count). The normalized spacial score (nSPS) is 12.8. The van der Waals surface area contributed by atoms with Crippen molar-refractivity contribution in [2.24, 2.45) is 0 Å². The molecule has 6 nitrogen and oxygen atoms in total. The molecule has 1 N–H and O–H groups in total. The summed E-state index contributed by atoms with van der Waals surface area (Å²) >= 11 is 13.1. The summed E-state index contributed by atoms with van der Waals surface area (Å²) in [4.78, 5) is 0. The lowest BCUT2D eigenvalue weighted by atomic mass is 10.2. The fourth-order valence-corrected chi connectivity index (χ4v) is 2.33. The van der Waals surface area contributed by atoms with Crippen molar-refractivity contribution in [2.75, 3.05) is 5.32 Å². The zero-order chi connectivity index (χ0) is 13.4. The van der Waals surface area contributed by atoms with Crippen LogP contribution < -0.4 is 5.32 Å². The topological polar surface area (TPSA) is 76.7 Å². The van der Waals surface area contributed by atoms with E-state index in [9.17, 15) is 0 Å². The first-order chi connectivity index (χ1) is 9.15. The Morgan fingerprint density at radius 2 is 2.16 bits per heavy atom. The van der Waals surface area contributed by atoms with Crippen molar-refractivity contribution in [2.45, 2.75) is 12.3 Å².